The SMILES string of the molecule is C=C(C)C(=O)OC(C)(C)C.C=C(C)C(=O)OC(CC)(CC)C12CC3CC(CC(C3)C1)C2.C=C(C)C(=O)OC1(C(C)C)C2CC3CC(C2)CC1C3.C=C(C)C(=O)OC1(C)C2CC3CC(C2)CC1C3.C=C(C)C(=O)OC1(CC)C2CC3CC(C2)CC1C3. The second-order valence-electron chi connectivity index (χ2n) is 32.3. The molecule has 16 bridgehead atoms. The van der Waals surface area contributed by atoms with Gasteiger partial charge >= 0.3 is 29.8 Å². The summed E-state index contributed by atoms with van der Waals surface area (Å²) in [4.78, 5) is 59.0. The van der Waals surface area contributed by atoms with Crippen LogP contribution >= 0.6 is 0 Å². The summed E-state index contributed by atoms with van der Waals surface area (Å²) >= 11 is 0. The molecule has 16 rings (SSSR count). The van der Waals surface area contributed by atoms with Crippen LogP contribution in [0.1, 0.15) is 251 Å². The topological polar surface area (TPSA) is 132 Å². The van der Waals surface area contributed by atoms with Gasteiger partial charge in [-0.2, -0.15) is 0 Å². The Morgan fingerprint density at radius 2 is 0.706 bits per heavy atom. The summed E-state index contributed by atoms with van der Waals surface area (Å²) in [6.07, 6.45) is 30.6. The standard InChI is InChI=1S/C19H30O2.C17H26O2.C16H24O2.C15H22O2.C8H14O2/c1-5-19(6-2,21-17(20)13(3)4)18-10-14-7-15(11-18)9-16(8-14)12-18;1-10(2)16(18)19-17(11(3)4)14-6-12-5-13(8-14)9-15(17)7-12;1-4-16(18-15(17)10(2)3)13-6-11-5-12(8-13)9-14(16)7-11;1-9(2)14(16)17-15(3)12-5-10-4-11(7-12)8-13(15)6-10;1-6(2)7(9)10-8(3,4)5/h14-16H,3,5-12H2,1-2,4H3;11-15H,1,5-9H2,2-4H3;11-14H,2,4-9H2,1,3H3;10-13H,1,4-8H2,2-3H3;1H2,2-5H3. The highest BCUT2D eigenvalue weighted by molar-refractivity contribution is 5.89. The smallest absolute Gasteiger partial charge is 0.333 e. The summed E-state index contributed by atoms with van der Waals surface area (Å²) < 4.78 is 29.0. The molecule has 0 heterocycles. The second kappa shape index (κ2) is 25.9. The van der Waals surface area contributed by atoms with E-state index in [4.69, 9.17) is 23.7 Å². The van der Waals surface area contributed by atoms with E-state index < -0.39 is 5.60 Å². The lowest BCUT2D eigenvalue weighted by Crippen LogP contribution is -2.62. The average Bonchev–Trinajstić information content (AvgIpc) is 0.842. The van der Waals surface area contributed by atoms with Crippen LogP contribution in [0.4, 0.5) is 0 Å². The molecular weight excluding hydrogens is 1060 g/mol. The third-order valence-corrected chi connectivity index (χ3v) is 24.6. The van der Waals surface area contributed by atoms with Crippen LogP contribution in [-0.2, 0) is 47.7 Å². The monoisotopic (exact) mass is 1180 g/mol. The van der Waals surface area contributed by atoms with Crippen molar-refractivity contribution >= 4 is 29.8 Å². The van der Waals surface area contributed by atoms with Crippen molar-refractivity contribution in [2.45, 2.75) is 279 Å². The molecule has 10 nitrogen and oxygen atoms in total. The maximum absolute atomic E-state index is 12.2. The fourth-order valence-corrected chi connectivity index (χ4v) is 21.6. The molecule has 16 aliphatic rings. The highest BCUT2D eigenvalue weighted by Gasteiger charge is 2.64. The van der Waals surface area contributed by atoms with Gasteiger partial charge in [0, 0.05) is 33.3 Å². The van der Waals surface area contributed by atoms with Crippen molar-refractivity contribution in [3.63, 3.8) is 0 Å². The van der Waals surface area contributed by atoms with Crippen LogP contribution in [0, 0.1) is 100 Å². The Hall–Kier alpha value is -3.95. The molecule has 0 saturated heterocycles. The third kappa shape index (κ3) is 13.8. The number of esters is 5. The van der Waals surface area contributed by atoms with E-state index in [1.165, 1.54) is 135 Å². The molecule has 85 heavy (non-hydrogen) atoms. The van der Waals surface area contributed by atoms with Crippen LogP contribution in [0.2, 0.25) is 0 Å². The Labute approximate surface area is 515 Å². The highest BCUT2D eigenvalue weighted by atomic mass is 16.6. The Kier molecular flexibility index (Phi) is 20.4. The van der Waals surface area contributed by atoms with Gasteiger partial charge in [-0.25, -0.2) is 24.0 Å². The fraction of sp³-hybridized carbons (Fsp3) is 0.800. The molecule has 0 atom stereocenters. The Morgan fingerprint density at radius 3 is 1.00 bits per heavy atom. The van der Waals surface area contributed by atoms with Gasteiger partial charge in [-0.15, -0.1) is 0 Å². The Bertz CT molecular complexity index is 2420. The summed E-state index contributed by atoms with van der Waals surface area (Å²) in [7, 11) is 0. The zero-order valence-corrected chi connectivity index (χ0v) is 55.8. The predicted molar refractivity (Wildman–Crippen MR) is 338 cm³/mol. The van der Waals surface area contributed by atoms with Crippen molar-refractivity contribution < 1.29 is 47.7 Å². The first kappa shape index (κ1) is 67.0. The molecule has 0 amide bonds. The van der Waals surface area contributed by atoms with Gasteiger partial charge in [-0.1, -0.05) is 67.5 Å². The van der Waals surface area contributed by atoms with Crippen molar-refractivity contribution in [3.05, 3.63) is 60.8 Å². The van der Waals surface area contributed by atoms with Gasteiger partial charge in [0.1, 0.15) is 28.0 Å². The molecular formula is C75H116O10. The minimum atomic E-state index is -0.407. The molecule has 0 radical (unpaired) electrons. The highest BCUT2D eigenvalue weighted by Crippen LogP contribution is 2.67. The van der Waals surface area contributed by atoms with Crippen LogP contribution in [-0.4, -0.2) is 57.9 Å². The lowest BCUT2D eigenvalue weighted by molar-refractivity contribution is -0.221. The number of hydrogen-bond donors (Lipinski definition) is 0. The summed E-state index contributed by atoms with van der Waals surface area (Å²) in [5.41, 5.74) is 1.58. The normalized spacial score (nSPS) is 39.2. The predicted octanol–water partition coefficient (Wildman–Crippen LogP) is 17.8. The van der Waals surface area contributed by atoms with E-state index in [0.717, 1.165) is 72.5 Å². The summed E-state index contributed by atoms with van der Waals surface area (Å²) in [6, 6.07) is 0. The maximum atomic E-state index is 12.2. The van der Waals surface area contributed by atoms with E-state index in [0.29, 0.717) is 69.3 Å². The molecule has 16 saturated carbocycles. The summed E-state index contributed by atoms with van der Waals surface area (Å²) in [5.74, 6) is 11.1. The van der Waals surface area contributed by atoms with Gasteiger partial charge in [0.25, 0.3) is 0 Å². The zero-order valence-electron chi connectivity index (χ0n) is 55.8. The van der Waals surface area contributed by atoms with Crippen molar-refractivity contribution in [2.24, 2.45) is 100 Å². The molecule has 0 unspecified atom stereocenters. The van der Waals surface area contributed by atoms with E-state index >= 15 is 0 Å². The average molecular weight is 1180 g/mol. The summed E-state index contributed by atoms with van der Waals surface area (Å²) in [6.45, 7) is 45.8. The van der Waals surface area contributed by atoms with Crippen LogP contribution in [0.25, 0.3) is 0 Å². The number of rotatable bonds is 14. The van der Waals surface area contributed by atoms with Gasteiger partial charge in [0.2, 0.25) is 0 Å². The summed E-state index contributed by atoms with van der Waals surface area (Å²) in [5, 5.41) is 0. The van der Waals surface area contributed by atoms with Gasteiger partial charge in [-0.05, 0) is 311 Å². The largest absolute Gasteiger partial charge is 0.457 e. The van der Waals surface area contributed by atoms with Crippen molar-refractivity contribution in [1.29, 1.82) is 0 Å². The first-order valence-electron chi connectivity index (χ1n) is 34.2. The third-order valence-electron chi connectivity index (χ3n) is 24.6. The van der Waals surface area contributed by atoms with Crippen molar-refractivity contribution in [3.8, 4) is 0 Å². The zero-order chi connectivity index (χ0) is 62.5. The fourth-order valence-electron chi connectivity index (χ4n) is 21.6. The van der Waals surface area contributed by atoms with Crippen molar-refractivity contribution in [1.82, 2.24) is 0 Å². The molecule has 0 N–H and O–H groups in total. The number of carbonyl (C=O) groups excluding carboxylic acids is 5. The number of ether oxygens (including phenoxy) is 5. The minimum absolute atomic E-state index is 0.163. The van der Waals surface area contributed by atoms with E-state index in [1.807, 2.05) is 20.8 Å². The van der Waals surface area contributed by atoms with Gasteiger partial charge < -0.3 is 23.7 Å². The molecule has 0 spiro atoms. The van der Waals surface area contributed by atoms with Crippen LogP contribution < -0.4 is 0 Å². The van der Waals surface area contributed by atoms with E-state index in [9.17, 15) is 24.0 Å². The quantitative estimate of drug-likeness (QED) is 0.0941. The molecule has 0 aromatic carbocycles. The minimum Gasteiger partial charge on any atom is -0.457 e. The van der Waals surface area contributed by atoms with Crippen LogP contribution in [0.3, 0.4) is 0 Å². The van der Waals surface area contributed by atoms with E-state index in [-0.39, 0.29) is 57.7 Å². The number of hydrogen-bond acceptors (Lipinski definition) is 10. The molecule has 10 heteroatoms. The Balaban J connectivity index is 0.000000141. The van der Waals surface area contributed by atoms with Crippen LogP contribution in [0.5, 0.6) is 0 Å². The first-order chi connectivity index (χ1) is 39.7. The molecule has 0 aromatic heterocycles. The van der Waals surface area contributed by atoms with Crippen molar-refractivity contribution in [2.75, 3.05) is 0 Å². The molecule has 0 aromatic rings. The lowest BCUT2D eigenvalue weighted by Gasteiger charge is -2.63. The van der Waals surface area contributed by atoms with Gasteiger partial charge in [0.05, 0.1) is 0 Å². The van der Waals surface area contributed by atoms with Gasteiger partial charge in [0.15, 0.2) is 0 Å². The van der Waals surface area contributed by atoms with E-state index in [1.54, 1.807) is 34.6 Å². The molecule has 476 valence electrons. The number of carbonyl (C=O) groups is 5. The second-order valence-corrected chi connectivity index (χ2v) is 32.3. The van der Waals surface area contributed by atoms with E-state index in [2.05, 4.69) is 74.4 Å². The first-order valence-corrected chi connectivity index (χ1v) is 34.2. The van der Waals surface area contributed by atoms with Gasteiger partial charge in [-0.3, -0.25) is 0 Å². The lowest BCUT2D eigenvalue weighted by atomic mass is 9.44. The Morgan fingerprint density at radius 1 is 0.412 bits per heavy atom. The molecule has 16 aliphatic carbocycles. The molecule has 16 fully saturated rings. The maximum Gasteiger partial charge on any atom is 0.333 e. The molecule has 0 aliphatic heterocycles. The van der Waals surface area contributed by atoms with Crippen LogP contribution in [0.15, 0.2) is 60.8 Å².